The van der Waals surface area contributed by atoms with Gasteiger partial charge in [0.1, 0.15) is 0 Å². The van der Waals surface area contributed by atoms with Crippen LogP contribution in [0.5, 0.6) is 0 Å². The average Bonchev–Trinajstić information content (AvgIpc) is 2.59. The number of benzene rings is 2. The van der Waals surface area contributed by atoms with Crippen molar-refractivity contribution in [1.82, 2.24) is 9.78 Å². The molecule has 0 bridgehead atoms. The number of hydrogen-bond acceptors (Lipinski definition) is 3. The number of aryl methyl sites for hydroxylation is 3. The Hall–Kier alpha value is -3.21. The van der Waals surface area contributed by atoms with E-state index in [4.69, 9.17) is 0 Å². The first-order valence-electron chi connectivity index (χ1n) is 8.01. The summed E-state index contributed by atoms with van der Waals surface area (Å²) < 4.78 is 1.59. The number of hydrogen-bond donors (Lipinski definition) is 1. The highest BCUT2D eigenvalue weighted by atomic mass is 16.2. The number of anilines is 1. The SMILES string of the molecule is Cc1ccc(NC(=O)c2nn(-c3ccccc3)c(C)cc2=O)cc1C. The molecule has 0 radical (unpaired) electrons. The van der Waals surface area contributed by atoms with Gasteiger partial charge in [-0.3, -0.25) is 9.59 Å². The smallest absolute Gasteiger partial charge is 0.280 e. The number of rotatable bonds is 3. The largest absolute Gasteiger partial charge is 0.320 e. The molecular weight excluding hydrogens is 314 g/mol. The Bertz CT molecular complexity index is 992. The highest BCUT2D eigenvalue weighted by Gasteiger charge is 2.15. The molecule has 5 heteroatoms. The van der Waals surface area contributed by atoms with Crippen LogP contribution < -0.4 is 10.7 Å². The Morgan fingerprint density at radius 2 is 1.68 bits per heavy atom. The van der Waals surface area contributed by atoms with Crippen molar-refractivity contribution in [3.63, 3.8) is 0 Å². The molecule has 1 aromatic heterocycles. The van der Waals surface area contributed by atoms with Gasteiger partial charge in [0.15, 0.2) is 5.69 Å². The number of para-hydroxylation sites is 1. The minimum absolute atomic E-state index is 0.132. The van der Waals surface area contributed by atoms with Crippen LogP contribution >= 0.6 is 0 Å². The summed E-state index contributed by atoms with van der Waals surface area (Å²) in [5, 5.41) is 7.02. The molecule has 1 amide bonds. The molecule has 0 unspecified atom stereocenters. The molecule has 0 aliphatic carbocycles. The third-order valence-corrected chi connectivity index (χ3v) is 4.09. The first-order valence-corrected chi connectivity index (χ1v) is 8.01. The van der Waals surface area contributed by atoms with Crippen LogP contribution in [0, 0.1) is 20.8 Å². The third-order valence-electron chi connectivity index (χ3n) is 4.09. The van der Waals surface area contributed by atoms with Crippen molar-refractivity contribution in [1.29, 1.82) is 0 Å². The van der Waals surface area contributed by atoms with E-state index in [9.17, 15) is 9.59 Å². The Morgan fingerprint density at radius 3 is 2.36 bits per heavy atom. The molecule has 0 atom stereocenters. The van der Waals surface area contributed by atoms with Gasteiger partial charge in [-0.15, -0.1) is 0 Å². The van der Waals surface area contributed by atoms with E-state index in [1.807, 2.05) is 62.4 Å². The maximum Gasteiger partial charge on any atom is 0.280 e. The molecule has 1 N–H and O–H groups in total. The van der Waals surface area contributed by atoms with E-state index >= 15 is 0 Å². The van der Waals surface area contributed by atoms with E-state index < -0.39 is 11.3 Å². The summed E-state index contributed by atoms with van der Waals surface area (Å²) in [7, 11) is 0. The standard InChI is InChI=1S/C20H19N3O2/c1-13-9-10-16(11-14(13)2)21-20(25)19-18(24)12-15(3)23(22-19)17-7-5-4-6-8-17/h4-12H,1-3H3,(H,21,25). The minimum atomic E-state index is -0.516. The van der Waals surface area contributed by atoms with Crippen LogP contribution in [-0.4, -0.2) is 15.7 Å². The van der Waals surface area contributed by atoms with Gasteiger partial charge < -0.3 is 5.32 Å². The Morgan fingerprint density at radius 1 is 0.960 bits per heavy atom. The van der Waals surface area contributed by atoms with Crippen LogP contribution in [0.25, 0.3) is 5.69 Å². The summed E-state index contributed by atoms with van der Waals surface area (Å²) in [6.07, 6.45) is 0. The average molecular weight is 333 g/mol. The molecule has 0 saturated carbocycles. The lowest BCUT2D eigenvalue weighted by Gasteiger charge is -2.11. The minimum Gasteiger partial charge on any atom is -0.320 e. The zero-order valence-corrected chi connectivity index (χ0v) is 14.4. The number of aromatic nitrogens is 2. The van der Waals surface area contributed by atoms with Gasteiger partial charge in [-0.25, -0.2) is 4.68 Å². The number of carbonyl (C=O) groups excluding carboxylic acids is 1. The van der Waals surface area contributed by atoms with Gasteiger partial charge in [0.05, 0.1) is 5.69 Å². The van der Waals surface area contributed by atoms with Crippen LogP contribution in [0.3, 0.4) is 0 Å². The van der Waals surface area contributed by atoms with E-state index in [-0.39, 0.29) is 5.69 Å². The molecule has 126 valence electrons. The Labute approximate surface area is 145 Å². The van der Waals surface area contributed by atoms with Gasteiger partial charge in [0.25, 0.3) is 5.91 Å². The summed E-state index contributed by atoms with van der Waals surface area (Å²) >= 11 is 0. The first kappa shape index (κ1) is 16.6. The molecule has 0 aliphatic rings. The number of nitrogens with zero attached hydrogens (tertiary/aromatic N) is 2. The molecule has 25 heavy (non-hydrogen) atoms. The van der Waals surface area contributed by atoms with Crippen LogP contribution in [0.1, 0.15) is 27.3 Å². The highest BCUT2D eigenvalue weighted by molar-refractivity contribution is 6.02. The fourth-order valence-corrected chi connectivity index (χ4v) is 2.54. The maximum absolute atomic E-state index is 12.5. The molecule has 5 nitrogen and oxygen atoms in total. The number of nitrogens with one attached hydrogen (secondary N) is 1. The van der Waals surface area contributed by atoms with E-state index in [0.29, 0.717) is 11.4 Å². The number of carbonyl (C=O) groups is 1. The lowest BCUT2D eigenvalue weighted by Crippen LogP contribution is -2.26. The van der Waals surface area contributed by atoms with Gasteiger partial charge in [0.2, 0.25) is 5.43 Å². The zero-order valence-electron chi connectivity index (χ0n) is 14.4. The molecule has 0 fully saturated rings. The normalized spacial score (nSPS) is 10.5. The van der Waals surface area contributed by atoms with Crippen molar-refractivity contribution in [3.8, 4) is 5.69 Å². The molecule has 0 saturated heterocycles. The van der Waals surface area contributed by atoms with E-state index in [1.54, 1.807) is 11.6 Å². The van der Waals surface area contributed by atoms with Gasteiger partial charge in [0, 0.05) is 17.4 Å². The molecule has 0 aliphatic heterocycles. The predicted octanol–water partition coefficient (Wildman–Crippen LogP) is 3.41. The fourth-order valence-electron chi connectivity index (χ4n) is 2.54. The second kappa shape index (κ2) is 6.73. The molecule has 3 aromatic rings. The van der Waals surface area contributed by atoms with Gasteiger partial charge in [-0.2, -0.15) is 5.10 Å². The molecule has 3 rings (SSSR count). The first-order chi connectivity index (χ1) is 12.0. The van der Waals surface area contributed by atoms with Crippen molar-refractivity contribution in [2.75, 3.05) is 5.32 Å². The van der Waals surface area contributed by atoms with Crippen LogP contribution in [0.2, 0.25) is 0 Å². The summed E-state index contributed by atoms with van der Waals surface area (Å²) in [6.45, 7) is 5.75. The third kappa shape index (κ3) is 3.50. The monoisotopic (exact) mass is 333 g/mol. The van der Waals surface area contributed by atoms with Crippen LogP contribution in [0.4, 0.5) is 5.69 Å². The van der Waals surface area contributed by atoms with E-state index in [2.05, 4.69) is 10.4 Å². The van der Waals surface area contributed by atoms with E-state index in [0.717, 1.165) is 16.8 Å². The van der Waals surface area contributed by atoms with Crippen LogP contribution in [-0.2, 0) is 0 Å². The zero-order chi connectivity index (χ0) is 18.0. The topological polar surface area (TPSA) is 64.0 Å². The summed E-state index contributed by atoms with van der Waals surface area (Å²) in [4.78, 5) is 24.8. The molecule has 2 aromatic carbocycles. The molecule has 1 heterocycles. The van der Waals surface area contributed by atoms with Crippen molar-refractivity contribution >= 4 is 11.6 Å². The number of amides is 1. The highest BCUT2D eigenvalue weighted by Crippen LogP contribution is 2.15. The second-order valence-corrected chi connectivity index (χ2v) is 6.00. The predicted molar refractivity (Wildman–Crippen MR) is 98.4 cm³/mol. The maximum atomic E-state index is 12.5. The summed E-state index contributed by atoms with van der Waals surface area (Å²) in [5.74, 6) is -0.516. The Balaban J connectivity index is 1.97. The van der Waals surface area contributed by atoms with Gasteiger partial charge in [-0.1, -0.05) is 24.3 Å². The van der Waals surface area contributed by atoms with Crippen LogP contribution in [0.15, 0.2) is 59.4 Å². The lowest BCUT2D eigenvalue weighted by atomic mass is 10.1. The second-order valence-electron chi connectivity index (χ2n) is 6.00. The van der Waals surface area contributed by atoms with Crippen molar-refractivity contribution in [2.45, 2.75) is 20.8 Å². The molecular formula is C20H19N3O2. The van der Waals surface area contributed by atoms with Crippen molar-refractivity contribution < 1.29 is 4.79 Å². The summed E-state index contributed by atoms with van der Waals surface area (Å²) in [6, 6.07) is 16.4. The van der Waals surface area contributed by atoms with E-state index in [1.165, 1.54) is 6.07 Å². The van der Waals surface area contributed by atoms with Crippen molar-refractivity contribution in [3.05, 3.63) is 87.3 Å². The lowest BCUT2D eigenvalue weighted by molar-refractivity contribution is 0.101. The van der Waals surface area contributed by atoms with Crippen molar-refractivity contribution in [2.24, 2.45) is 0 Å². The fraction of sp³-hybridized carbons (Fsp3) is 0.150. The van der Waals surface area contributed by atoms with Gasteiger partial charge >= 0.3 is 0 Å². The quantitative estimate of drug-likeness (QED) is 0.799. The Kier molecular flexibility index (Phi) is 4.48. The summed E-state index contributed by atoms with van der Waals surface area (Å²) in [5.41, 5.74) is 3.77. The van der Waals surface area contributed by atoms with Gasteiger partial charge in [-0.05, 0) is 56.2 Å². The molecule has 0 spiro atoms.